The van der Waals surface area contributed by atoms with Gasteiger partial charge in [-0.25, -0.2) is 0 Å². The molecule has 0 fully saturated rings. The van der Waals surface area contributed by atoms with Gasteiger partial charge in [0.15, 0.2) is 10.9 Å². The number of aromatic nitrogens is 3. The first-order valence-electron chi connectivity index (χ1n) is 11.2. The number of amides is 1. The molecule has 1 N–H and O–H groups in total. The topological polar surface area (TPSA) is 73.0 Å². The lowest BCUT2D eigenvalue weighted by Crippen LogP contribution is -2.36. The third-order valence-electron chi connectivity index (χ3n) is 5.98. The lowest BCUT2D eigenvalue weighted by atomic mass is 9.88. The van der Waals surface area contributed by atoms with Crippen molar-refractivity contribution >= 4 is 17.7 Å². The van der Waals surface area contributed by atoms with Gasteiger partial charge in [0, 0.05) is 0 Å². The van der Waals surface area contributed by atoms with E-state index in [4.69, 9.17) is 4.42 Å². The Balaban J connectivity index is 1.35. The minimum Gasteiger partial charge on any atom is -0.461 e. The maximum Gasteiger partial charge on any atom is 0.233 e. The first-order valence-corrected chi connectivity index (χ1v) is 12.1. The predicted molar refractivity (Wildman–Crippen MR) is 129 cm³/mol. The second-order valence-corrected chi connectivity index (χ2v) is 9.58. The second-order valence-electron chi connectivity index (χ2n) is 8.27. The van der Waals surface area contributed by atoms with Crippen molar-refractivity contribution in [3.63, 3.8) is 0 Å². The number of nitrogens with one attached hydrogen (secondary N) is 1. The highest BCUT2D eigenvalue weighted by Crippen LogP contribution is 2.31. The van der Waals surface area contributed by atoms with Crippen LogP contribution in [-0.2, 0) is 17.8 Å². The number of furan rings is 1. The van der Waals surface area contributed by atoms with E-state index in [0.717, 1.165) is 24.8 Å². The van der Waals surface area contributed by atoms with Crippen LogP contribution in [0.15, 0.2) is 82.6 Å². The highest BCUT2D eigenvalue weighted by molar-refractivity contribution is 8.00. The smallest absolute Gasteiger partial charge is 0.233 e. The Kier molecular flexibility index (Phi) is 6.30. The van der Waals surface area contributed by atoms with Crippen LogP contribution in [0.1, 0.15) is 42.5 Å². The van der Waals surface area contributed by atoms with Crippen molar-refractivity contribution in [2.24, 2.45) is 0 Å². The quantitative estimate of drug-likeness (QED) is 0.383. The molecule has 2 aromatic heterocycles. The highest BCUT2D eigenvalue weighted by Gasteiger charge is 2.26. The fraction of sp³-hybridized carbons (Fsp3) is 0.269. The molecule has 6 nitrogen and oxygen atoms in total. The van der Waals surface area contributed by atoms with E-state index in [1.54, 1.807) is 6.26 Å². The van der Waals surface area contributed by atoms with E-state index < -0.39 is 0 Å². The third-order valence-corrected chi connectivity index (χ3v) is 7.06. The molecule has 2 atom stereocenters. The maximum atomic E-state index is 13.1. The number of hydrogen-bond acceptors (Lipinski definition) is 5. The van der Waals surface area contributed by atoms with Crippen LogP contribution in [0.3, 0.4) is 0 Å². The van der Waals surface area contributed by atoms with Crippen LogP contribution < -0.4 is 5.32 Å². The number of fused-ring (bicyclic) bond motifs is 1. The SMILES string of the molecule is C[C@H](Sc1nnc(-c2ccco2)n1Cc1ccccc1)C(=O)N[C@@H]1CCCc2ccccc21. The number of carbonyl (C=O) groups is 1. The Morgan fingerprint density at radius 3 is 2.76 bits per heavy atom. The highest BCUT2D eigenvalue weighted by atomic mass is 32.2. The minimum atomic E-state index is -0.317. The Morgan fingerprint density at radius 1 is 1.12 bits per heavy atom. The summed E-state index contributed by atoms with van der Waals surface area (Å²) in [5.41, 5.74) is 3.70. The van der Waals surface area contributed by atoms with Gasteiger partial charge in [-0.05, 0) is 55.0 Å². The molecule has 168 valence electrons. The van der Waals surface area contributed by atoms with Crippen molar-refractivity contribution in [1.82, 2.24) is 20.1 Å². The zero-order chi connectivity index (χ0) is 22.6. The Hall–Kier alpha value is -3.32. The second kappa shape index (κ2) is 9.67. The van der Waals surface area contributed by atoms with Crippen molar-refractivity contribution in [3.05, 3.63) is 89.7 Å². The summed E-state index contributed by atoms with van der Waals surface area (Å²) in [6, 6.07) is 22.3. The third kappa shape index (κ3) is 4.73. The fourth-order valence-corrected chi connectivity index (χ4v) is 5.13. The Morgan fingerprint density at radius 2 is 1.94 bits per heavy atom. The van der Waals surface area contributed by atoms with E-state index in [2.05, 4.69) is 45.8 Å². The van der Waals surface area contributed by atoms with E-state index in [-0.39, 0.29) is 17.2 Å². The lowest BCUT2D eigenvalue weighted by Gasteiger charge is -2.27. The molecule has 7 heteroatoms. The van der Waals surface area contributed by atoms with Gasteiger partial charge in [0.25, 0.3) is 0 Å². The van der Waals surface area contributed by atoms with Crippen molar-refractivity contribution in [2.45, 2.75) is 49.2 Å². The molecule has 1 amide bonds. The molecule has 0 spiro atoms. The van der Waals surface area contributed by atoms with Crippen LogP contribution in [0.4, 0.5) is 0 Å². The molecule has 5 rings (SSSR count). The maximum absolute atomic E-state index is 13.1. The van der Waals surface area contributed by atoms with Gasteiger partial charge in [-0.3, -0.25) is 9.36 Å². The van der Waals surface area contributed by atoms with E-state index in [9.17, 15) is 4.79 Å². The van der Waals surface area contributed by atoms with Crippen LogP contribution in [0.5, 0.6) is 0 Å². The summed E-state index contributed by atoms with van der Waals surface area (Å²) in [6.07, 6.45) is 4.75. The fourth-order valence-electron chi connectivity index (χ4n) is 4.28. The molecule has 0 aliphatic heterocycles. The summed E-state index contributed by atoms with van der Waals surface area (Å²) >= 11 is 1.42. The van der Waals surface area contributed by atoms with Crippen LogP contribution in [0.2, 0.25) is 0 Å². The van der Waals surface area contributed by atoms with Gasteiger partial charge in [-0.1, -0.05) is 66.4 Å². The summed E-state index contributed by atoms with van der Waals surface area (Å²) in [6.45, 7) is 2.51. The van der Waals surface area contributed by atoms with Gasteiger partial charge in [-0.2, -0.15) is 0 Å². The monoisotopic (exact) mass is 458 g/mol. The number of aryl methyl sites for hydroxylation is 1. The number of nitrogens with zero attached hydrogens (tertiary/aromatic N) is 3. The first-order chi connectivity index (χ1) is 16.2. The molecule has 1 aliphatic rings. The zero-order valence-electron chi connectivity index (χ0n) is 18.5. The molecule has 4 aromatic rings. The van der Waals surface area contributed by atoms with Gasteiger partial charge in [-0.15, -0.1) is 10.2 Å². The molecular formula is C26H26N4O2S. The van der Waals surface area contributed by atoms with Crippen molar-refractivity contribution in [1.29, 1.82) is 0 Å². The minimum absolute atomic E-state index is 0.00973. The number of thioether (sulfide) groups is 1. The predicted octanol–water partition coefficient (Wildman–Crippen LogP) is 5.26. The zero-order valence-corrected chi connectivity index (χ0v) is 19.3. The van der Waals surface area contributed by atoms with Crippen LogP contribution in [0.25, 0.3) is 11.6 Å². The normalized spacial score (nSPS) is 16.2. The number of carbonyl (C=O) groups excluding carboxylic acids is 1. The first kappa shape index (κ1) is 21.5. The van der Waals surface area contributed by atoms with E-state index in [1.165, 1.54) is 22.9 Å². The lowest BCUT2D eigenvalue weighted by molar-refractivity contribution is -0.121. The molecule has 2 heterocycles. The van der Waals surface area contributed by atoms with Gasteiger partial charge in [0.05, 0.1) is 24.1 Å². The molecule has 33 heavy (non-hydrogen) atoms. The summed E-state index contributed by atoms with van der Waals surface area (Å²) in [5, 5.41) is 12.4. The van der Waals surface area contributed by atoms with Gasteiger partial charge < -0.3 is 9.73 Å². The summed E-state index contributed by atoms with van der Waals surface area (Å²) < 4.78 is 7.60. The average Bonchev–Trinajstić information content (AvgIpc) is 3.50. The summed E-state index contributed by atoms with van der Waals surface area (Å²) in [4.78, 5) is 13.1. The van der Waals surface area contributed by atoms with Crippen molar-refractivity contribution in [3.8, 4) is 11.6 Å². The largest absolute Gasteiger partial charge is 0.461 e. The number of hydrogen-bond donors (Lipinski definition) is 1. The van der Waals surface area contributed by atoms with Crippen LogP contribution in [0, 0.1) is 0 Å². The van der Waals surface area contributed by atoms with Gasteiger partial charge >= 0.3 is 0 Å². The molecule has 0 saturated carbocycles. The van der Waals surface area contributed by atoms with E-state index in [0.29, 0.717) is 23.3 Å². The van der Waals surface area contributed by atoms with Crippen LogP contribution in [-0.4, -0.2) is 25.9 Å². The molecule has 2 aromatic carbocycles. The molecule has 1 aliphatic carbocycles. The standard InChI is InChI=1S/C26H26N4O2S/c1-18(25(31)27-22-14-7-12-20-11-5-6-13-21(20)22)33-26-29-28-24(23-15-8-16-32-23)30(26)17-19-9-3-2-4-10-19/h2-6,8-11,13,15-16,18,22H,7,12,14,17H2,1H3,(H,27,31)/t18-,22+/m0/s1. The summed E-state index contributed by atoms with van der Waals surface area (Å²) in [7, 11) is 0. The molecule has 0 saturated heterocycles. The average molecular weight is 459 g/mol. The molecular weight excluding hydrogens is 432 g/mol. The van der Waals surface area contributed by atoms with Gasteiger partial charge in [0.2, 0.25) is 11.7 Å². The van der Waals surface area contributed by atoms with E-state index in [1.807, 2.05) is 47.9 Å². The number of rotatable bonds is 7. The Bertz CT molecular complexity index is 1220. The molecule has 0 radical (unpaired) electrons. The number of benzene rings is 2. The van der Waals surface area contributed by atoms with E-state index >= 15 is 0 Å². The van der Waals surface area contributed by atoms with Gasteiger partial charge in [0.1, 0.15) is 0 Å². The molecule has 0 unspecified atom stereocenters. The van der Waals surface area contributed by atoms with Crippen molar-refractivity contribution in [2.75, 3.05) is 0 Å². The Labute approximate surface area is 197 Å². The van der Waals surface area contributed by atoms with Crippen LogP contribution >= 0.6 is 11.8 Å². The summed E-state index contributed by atoms with van der Waals surface area (Å²) in [5.74, 6) is 1.32. The molecule has 0 bridgehead atoms. The van der Waals surface area contributed by atoms with Crippen molar-refractivity contribution < 1.29 is 9.21 Å².